The van der Waals surface area contributed by atoms with Crippen LogP contribution in [0.4, 0.5) is 4.39 Å². The van der Waals surface area contributed by atoms with Crippen LogP contribution in [-0.4, -0.2) is 4.98 Å². The highest BCUT2D eigenvalue weighted by molar-refractivity contribution is 5.20. The largest absolute Gasteiger partial charge is 0.223 e. The molecule has 56 valence electrons. The first-order chi connectivity index (χ1) is 5.24. The van der Waals surface area contributed by atoms with E-state index in [0.29, 0.717) is 5.69 Å². The lowest BCUT2D eigenvalue weighted by atomic mass is 10.2. The molecule has 0 aliphatic rings. The fraction of sp³-hybridized carbons (Fsp3) is 0.250. The lowest BCUT2D eigenvalue weighted by Crippen LogP contribution is -1.94. The van der Waals surface area contributed by atoms with Gasteiger partial charge in [-0.25, -0.2) is 4.98 Å². The molecule has 0 amide bonds. The van der Waals surface area contributed by atoms with Crippen molar-refractivity contribution < 1.29 is 4.39 Å². The summed E-state index contributed by atoms with van der Waals surface area (Å²) >= 11 is 0. The second-order valence-corrected chi connectivity index (χ2v) is 2.23. The van der Waals surface area contributed by atoms with Crippen LogP contribution in [0.5, 0.6) is 0 Å². The smallest absolute Gasteiger partial charge is 0.213 e. The van der Waals surface area contributed by atoms with Crippen molar-refractivity contribution in [1.29, 1.82) is 5.26 Å². The van der Waals surface area contributed by atoms with Crippen LogP contribution in [0.2, 0.25) is 0 Å². The monoisotopic (exact) mass is 150 g/mol. The molecule has 0 aromatic carbocycles. The molecule has 0 saturated carbocycles. The molecule has 1 aromatic rings. The molecule has 0 saturated heterocycles. The van der Waals surface area contributed by atoms with E-state index in [9.17, 15) is 4.39 Å². The summed E-state index contributed by atoms with van der Waals surface area (Å²) in [5.41, 5.74) is 1.38. The summed E-state index contributed by atoms with van der Waals surface area (Å²) in [6.07, 6.45) is 0.170. The Balaban J connectivity index is 3.05. The highest BCUT2D eigenvalue weighted by atomic mass is 19.1. The van der Waals surface area contributed by atoms with Crippen LogP contribution in [0.25, 0.3) is 0 Å². The Labute approximate surface area is 64.3 Å². The average molecular weight is 150 g/mol. The summed E-state index contributed by atoms with van der Waals surface area (Å²) in [7, 11) is 0. The van der Waals surface area contributed by atoms with E-state index < -0.39 is 5.95 Å². The van der Waals surface area contributed by atoms with Crippen molar-refractivity contribution in [3.63, 3.8) is 0 Å². The fourth-order valence-corrected chi connectivity index (χ4v) is 0.798. The van der Waals surface area contributed by atoms with Gasteiger partial charge >= 0.3 is 0 Å². The molecule has 0 atom stereocenters. The van der Waals surface area contributed by atoms with Crippen molar-refractivity contribution in [3.8, 4) is 6.07 Å². The number of nitrogens with zero attached hydrogens (tertiary/aromatic N) is 2. The van der Waals surface area contributed by atoms with E-state index in [1.807, 2.05) is 6.07 Å². The van der Waals surface area contributed by atoms with Gasteiger partial charge in [-0.1, -0.05) is 6.07 Å². The lowest BCUT2D eigenvalue weighted by Gasteiger charge is -1.97. The van der Waals surface area contributed by atoms with Gasteiger partial charge in [-0.05, 0) is 18.6 Å². The predicted molar refractivity (Wildman–Crippen MR) is 38.2 cm³/mol. The van der Waals surface area contributed by atoms with Gasteiger partial charge in [0.2, 0.25) is 5.95 Å². The van der Waals surface area contributed by atoms with Crippen LogP contribution in [0.1, 0.15) is 11.3 Å². The molecular formula is C8H7FN2. The topological polar surface area (TPSA) is 36.7 Å². The molecule has 0 radical (unpaired) electrons. The van der Waals surface area contributed by atoms with Gasteiger partial charge in [0.15, 0.2) is 0 Å². The van der Waals surface area contributed by atoms with Crippen molar-refractivity contribution in [3.05, 3.63) is 29.3 Å². The van der Waals surface area contributed by atoms with Gasteiger partial charge in [-0.15, -0.1) is 0 Å². The second-order valence-electron chi connectivity index (χ2n) is 2.23. The quantitative estimate of drug-likeness (QED) is 0.570. The van der Waals surface area contributed by atoms with Crippen LogP contribution >= 0.6 is 0 Å². The minimum absolute atomic E-state index is 0.170. The maximum atomic E-state index is 12.4. The molecule has 1 aromatic heterocycles. The van der Waals surface area contributed by atoms with E-state index in [4.69, 9.17) is 5.26 Å². The first kappa shape index (κ1) is 7.67. The summed E-state index contributed by atoms with van der Waals surface area (Å²) < 4.78 is 12.4. The summed E-state index contributed by atoms with van der Waals surface area (Å²) in [6.45, 7) is 1.80. The van der Waals surface area contributed by atoms with E-state index in [1.54, 1.807) is 13.0 Å². The Bertz CT molecular complexity index is 301. The van der Waals surface area contributed by atoms with E-state index >= 15 is 0 Å². The van der Waals surface area contributed by atoms with Crippen LogP contribution in [0.3, 0.4) is 0 Å². The zero-order valence-corrected chi connectivity index (χ0v) is 6.13. The van der Waals surface area contributed by atoms with Crippen molar-refractivity contribution in [2.45, 2.75) is 13.3 Å². The normalized spacial score (nSPS) is 9.18. The van der Waals surface area contributed by atoms with E-state index in [2.05, 4.69) is 4.98 Å². The van der Waals surface area contributed by atoms with E-state index in [1.165, 1.54) is 6.07 Å². The number of hydrogen-bond donors (Lipinski definition) is 0. The van der Waals surface area contributed by atoms with Gasteiger partial charge in [-0.3, -0.25) is 0 Å². The molecule has 11 heavy (non-hydrogen) atoms. The van der Waals surface area contributed by atoms with Crippen molar-refractivity contribution in [1.82, 2.24) is 4.98 Å². The summed E-state index contributed by atoms with van der Waals surface area (Å²) in [5.74, 6) is -0.527. The third-order valence-corrected chi connectivity index (χ3v) is 1.41. The summed E-state index contributed by atoms with van der Waals surface area (Å²) in [4.78, 5) is 3.57. The van der Waals surface area contributed by atoms with E-state index in [-0.39, 0.29) is 6.42 Å². The van der Waals surface area contributed by atoms with Crippen LogP contribution in [0, 0.1) is 24.2 Å². The molecule has 2 nitrogen and oxygen atoms in total. The van der Waals surface area contributed by atoms with Crippen LogP contribution in [-0.2, 0) is 6.42 Å². The van der Waals surface area contributed by atoms with Gasteiger partial charge in [0.25, 0.3) is 0 Å². The Morgan fingerprint density at radius 1 is 1.64 bits per heavy atom. The molecule has 0 unspecified atom stereocenters. The summed E-state index contributed by atoms with van der Waals surface area (Å²) in [5, 5.41) is 8.32. The number of aryl methyl sites for hydroxylation is 1. The van der Waals surface area contributed by atoms with Gasteiger partial charge in [0.05, 0.1) is 18.2 Å². The molecule has 3 heteroatoms. The maximum Gasteiger partial charge on any atom is 0.213 e. The number of aromatic nitrogens is 1. The number of rotatable bonds is 1. The number of pyridine rings is 1. The van der Waals surface area contributed by atoms with Crippen LogP contribution in [0.15, 0.2) is 12.1 Å². The van der Waals surface area contributed by atoms with Gasteiger partial charge in [-0.2, -0.15) is 9.65 Å². The number of hydrogen-bond acceptors (Lipinski definition) is 2. The Morgan fingerprint density at radius 3 is 3.00 bits per heavy atom. The molecule has 0 bridgehead atoms. The molecule has 0 spiro atoms. The predicted octanol–water partition coefficient (Wildman–Crippen LogP) is 1.60. The molecule has 0 fully saturated rings. The van der Waals surface area contributed by atoms with E-state index in [0.717, 1.165) is 5.56 Å². The Morgan fingerprint density at radius 2 is 2.36 bits per heavy atom. The molecule has 0 aliphatic carbocycles. The van der Waals surface area contributed by atoms with Gasteiger partial charge in [0.1, 0.15) is 0 Å². The first-order valence-electron chi connectivity index (χ1n) is 3.23. The third kappa shape index (κ3) is 1.74. The minimum Gasteiger partial charge on any atom is -0.223 e. The molecule has 1 rings (SSSR count). The van der Waals surface area contributed by atoms with Crippen LogP contribution < -0.4 is 0 Å². The van der Waals surface area contributed by atoms with Gasteiger partial charge < -0.3 is 0 Å². The Hall–Kier alpha value is -1.43. The lowest BCUT2D eigenvalue weighted by molar-refractivity contribution is 0.577. The zero-order valence-electron chi connectivity index (χ0n) is 6.13. The number of halogens is 1. The van der Waals surface area contributed by atoms with Crippen molar-refractivity contribution >= 4 is 0 Å². The fourth-order valence-electron chi connectivity index (χ4n) is 0.798. The maximum absolute atomic E-state index is 12.4. The standard InChI is InChI=1S/C8H7FN2/c1-6-2-3-8(9)11-7(6)4-5-10/h2-3H,4H2,1H3. The number of nitriles is 1. The molecule has 1 heterocycles. The molecule has 0 N–H and O–H groups in total. The first-order valence-corrected chi connectivity index (χ1v) is 3.23. The van der Waals surface area contributed by atoms with Gasteiger partial charge in [0, 0.05) is 0 Å². The minimum atomic E-state index is -0.527. The highest BCUT2D eigenvalue weighted by Gasteiger charge is 1.99. The third-order valence-electron chi connectivity index (χ3n) is 1.41. The highest BCUT2D eigenvalue weighted by Crippen LogP contribution is 2.05. The second kappa shape index (κ2) is 3.11. The molecule has 0 aliphatic heterocycles. The van der Waals surface area contributed by atoms with Crippen molar-refractivity contribution in [2.24, 2.45) is 0 Å². The summed E-state index contributed by atoms with van der Waals surface area (Å²) in [6, 6.07) is 4.83. The average Bonchev–Trinajstić information content (AvgIpc) is 1.98. The zero-order chi connectivity index (χ0) is 8.27. The SMILES string of the molecule is Cc1ccc(F)nc1CC#N. The van der Waals surface area contributed by atoms with Crippen molar-refractivity contribution in [2.75, 3.05) is 0 Å². The Kier molecular flexibility index (Phi) is 2.17. The molecular weight excluding hydrogens is 143 g/mol.